The van der Waals surface area contributed by atoms with Gasteiger partial charge in [-0.15, -0.1) is 0 Å². The van der Waals surface area contributed by atoms with Gasteiger partial charge in [-0.3, -0.25) is 9.36 Å². The van der Waals surface area contributed by atoms with Crippen molar-refractivity contribution in [3.8, 4) is 0 Å². The molecule has 0 spiro atoms. The first-order chi connectivity index (χ1) is 16.1. The molecule has 2 heterocycles. The summed E-state index contributed by atoms with van der Waals surface area (Å²) in [6.45, 7) is 1.26. The third kappa shape index (κ3) is 5.05. The van der Waals surface area contributed by atoms with Crippen molar-refractivity contribution in [1.82, 2.24) is 19.6 Å². The highest BCUT2D eigenvalue weighted by Gasteiger charge is 2.07. The van der Waals surface area contributed by atoms with Crippen molar-refractivity contribution in [3.63, 3.8) is 0 Å². The number of nitrogens with one attached hydrogen (secondary N) is 2. The maximum atomic E-state index is 6.24. The van der Waals surface area contributed by atoms with Crippen molar-refractivity contribution in [1.29, 1.82) is 0 Å². The van der Waals surface area contributed by atoms with Gasteiger partial charge in [0.2, 0.25) is 0 Å². The quantitative estimate of drug-likeness (QED) is 0.306. The summed E-state index contributed by atoms with van der Waals surface area (Å²) in [4.78, 5) is 0. The van der Waals surface area contributed by atoms with E-state index in [2.05, 4.69) is 63.3 Å². The number of fused-ring (bicyclic) bond motifs is 1. The van der Waals surface area contributed by atoms with E-state index >= 15 is 0 Å². The molecule has 0 unspecified atom stereocenters. The molecular formula is C25H21ClN6S. The summed E-state index contributed by atoms with van der Waals surface area (Å²) in [5.41, 5.74) is 3.01. The van der Waals surface area contributed by atoms with E-state index in [9.17, 15) is 0 Å². The summed E-state index contributed by atoms with van der Waals surface area (Å²) in [5, 5.41) is 18.9. The van der Waals surface area contributed by atoms with Crippen molar-refractivity contribution in [3.05, 3.63) is 108 Å². The Morgan fingerprint density at radius 3 is 2.52 bits per heavy atom. The molecule has 0 fully saturated rings. The molecule has 0 aliphatic heterocycles. The molecule has 0 radical (unpaired) electrons. The Hall–Kier alpha value is -3.68. The molecule has 0 aliphatic carbocycles. The molecule has 2 N–H and O–H groups in total. The SMILES string of the molecule is S=C(Nc1cnn(Cc2ccccc2Cl)c1)Nc1ccn(Cc2cccc3ccccc23)n1. The fourth-order valence-corrected chi connectivity index (χ4v) is 4.13. The molecule has 3 aromatic carbocycles. The van der Waals surface area contributed by atoms with Crippen LogP contribution < -0.4 is 10.6 Å². The van der Waals surface area contributed by atoms with Gasteiger partial charge in [0.15, 0.2) is 10.9 Å². The van der Waals surface area contributed by atoms with Crippen LogP contribution in [-0.4, -0.2) is 24.7 Å². The minimum absolute atomic E-state index is 0.447. The first-order valence-corrected chi connectivity index (χ1v) is 11.3. The highest BCUT2D eigenvalue weighted by atomic mass is 35.5. The van der Waals surface area contributed by atoms with E-state index in [0.717, 1.165) is 16.3 Å². The Balaban J connectivity index is 1.20. The molecule has 0 saturated heterocycles. The van der Waals surface area contributed by atoms with Crippen LogP contribution in [0.15, 0.2) is 91.4 Å². The summed E-state index contributed by atoms with van der Waals surface area (Å²) in [5.74, 6) is 0.677. The fourth-order valence-electron chi connectivity index (χ4n) is 3.72. The van der Waals surface area contributed by atoms with Gasteiger partial charge in [-0.05, 0) is 40.2 Å². The van der Waals surface area contributed by atoms with E-state index < -0.39 is 0 Å². The number of anilines is 2. The maximum Gasteiger partial charge on any atom is 0.176 e. The summed E-state index contributed by atoms with van der Waals surface area (Å²) >= 11 is 11.7. The van der Waals surface area contributed by atoms with Crippen LogP contribution >= 0.6 is 23.8 Å². The van der Waals surface area contributed by atoms with Gasteiger partial charge in [-0.25, -0.2) is 0 Å². The molecule has 5 rings (SSSR count). The van der Waals surface area contributed by atoms with E-state index in [-0.39, 0.29) is 0 Å². The fraction of sp³-hybridized carbons (Fsp3) is 0.0800. The molecule has 0 amide bonds. The monoisotopic (exact) mass is 472 g/mol. The molecule has 6 nitrogen and oxygen atoms in total. The first-order valence-electron chi connectivity index (χ1n) is 10.5. The van der Waals surface area contributed by atoms with Crippen LogP contribution in [-0.2, 0) is 13.1 Å². The Labute approximate surface area is 201 Å². The Bertz CT molecular complexity index is 1420. The summed E-state index contributed by atoms with van der Waals surface area (Å²) in [6.07, 6.45) is 5.55. The van der Waals surface area contributed by atoms with Crippen LogP contribution in [0, 0.1) is 0 Å². The normalized spacial score (nSPS) is 10.9. The predicted octanol–water partition coefficient (Wildman–Crippen LogP) is 5.79. The van der Waals surface area contributed by atoms with Crippen molar-refractivity contribution < 1.29 is 0 Å². The number of nitrogens with zero attached hydrogens (tertiary/aromatic N) is 4. The molecule has 0 aliphatic rings. The molecule has 8 heteroatoms. The average Bonchev–Trinajstić information content (AvgIpc) is 3.44. The lowest BCUT2D eigenvalue weighted by Crippen LogP contribution is -2.19. The largest absolute Gasteiger partial charge is 0.330 e. The predicted molar refractivity (Wildman–Crippen MR) is 138 cm³/mol. The zero-order valence-electron chi connectivity index (χ0n) is 17.6. The smallest absolute Gasteiger partial charge is 0.176 e. The average molecular weight is 473 g/mol. The Kier molecular flexibility index (Phi) is 6.06. The Morgan fingerprint density at radius 1 is 0.848 bits per heavy atom. The third-order valence-electron chi connectivity index (χ3n) is 5.28. The minimum Gasteiger partial charge on any atom is -0.330 e. The lowest BCUT2D eigenvalue weighted by Gasteiger charge is -2.08. The van der Waals surface area contributed by atoms with Gasteiger partial charge < -0.3 is 10.6 Å². The van der Waals surface area contributed by atoms with Crippen LogP contribution in [0.3, 0.4) is 0 Å². The molecular weight excluding hydrogens is 452 g/mol. The topological polar surface area (TPSA) is 59.7 Å². The third-order valence-corrected chi connectivity index (χ3v) is 5.85. The highest BCUT2D eigenvalue weighted by Crippen LogP contribution is 2.20. The van der Waals surface area contributed by atoms with Crippen LogP contribution in [0.2, 0.25) is 5.02 Å². The van der Waals surface area contributed by atoms with Crippen molar-refractivity contribution in [2.75, 3.05) is 10.6 Å². The van der Waals surface area contributed by atoms with Gasteiger partial charge in [0.1, 0.15) is 0 Å². The van der Waals surface area contributed by atoms with Gasteiger partial charge in [-0.2, -0.15) is 10.2 Å². The van der Waals surface area contributed by atoms with Gasteiger partial charge in [0.05, 0.1) is 25.0 Å². The van der Waals surface area contributed by atoms with Gasteiger partial charge in [0, 0.05) is 23.5 Å². The van der Waals surface area contributed by atoms with Gasteiger partial charge >= 0.3 is 0 Å². The second-order valence-electron chi connectivity index (χ2n) is 7.63. The molecule has 0 saturated carbocycles. The van der Waals surface area contributed by atoms with E-state index in [1.54, 1.807) is 6.20 Å². The number of thiocarbonyl (C=S) groups is 1. The number of halogens is 1. The van der Waals surface area contributed by atoms with Crippen LogP contribution in [0.4, 0.5) is 11.5 Å². The molecule has 2 aromatic heterocycles. The number of hydrogen-bond donors (Lipinski definition) is 2. The molecule has 164 valence electrons. The lowest BCUT2D eigenvalue weighted by molar-refractivity contribution is 0.687. The van der Waals surface area contributed by atoms with E-state index in [1.807, 2.05) is 52.1 Å². The summed E-state index contributed by atoms with van der Waals surface area (Å²) in [7, 11) is 0. The van der Waals surface area contributed by atoms with Gasteiger partial charge in [-0.1, -0.05) is 72.3 Å². The van der Waals surface area contributed by atoms with Crippen molar-refractivity contribution in [2.45, 2.75) is 13.1 Å². The standard InChI is InChI=1S/C25H21ClN6S/c26-23-11-4-2-7-20(23)16-32-17-21(14-27-32)28-25(33)29-24-12-13-31(30-24)15-19-9-5-8-18-6-1-3-10-22(18)19/h1-14,17H,15-16H2,(H2,28,29,30,33). The second kappa shape index (κ2) is 9.44. The zero-order valence-corrected chi connectivity index (χ0v) is 19.2. The van der Waals surface area contributed by atoms with Crippen molar-refractivity contribution >= 4 is 51.2 Å². The highest BCUT2D eigenvalue weighted by molar-refractivity contribution is 7.80. The summed E-state index contributed by atoms with van der Waals surface area (Å²) < 4.78 is 3.71. The van der Waals surface area contributed by atoms with Crippen LogP contribution in [0.25, 0.3) is 10.8 Å². The van der Waals surface area contributed by atoms with E-state index in [0.29, 0.717) is 24.0 Å². The molecule has 33 heavy (non-hydrogen) atoms. The molecule has 0 atom stereocenters. The first kappa shape index (κ1) is 21.2. The second-order valence-corrected chi connectivity index (χ2v) is 8.45. The minimum atomic E-state index is 0.447. The zero-order chi connectivity index (χ0) is 22.6. The lowest BCUT2D eigenvalue weighted by atomic mass is 10.0. The number of rotatable bonds is 6. The van der Waals surface area contributed by atoms with E-state index in [4.69, 9.17) is 23.8 Å². The van der Waals surface area contributed by atoms with Crippen LogP contribution in [0.1, 0.15) is 11.1 Å². The number of aromatic nitrogens is 4. The van der Waals surface area contributed by atoms with Crippen molar-refractivity contribution in [2.24, 2.45) is 0 Å². The van der Waals surface area contributed by atoms with Crippen LogP contribution in [0.5, 0.6) is 0 Å². The van der Waals surface area contributed by atoms with E-state index in [1.165, 1.54) is 16.3 Å². The molecule has 0 bridgehead atoms. The van der Waals surface area contributed by atoms with Gasteiger partial charge in [0.25, 0.3) is 0 Å². The Morgan fingerprint density at radius 2 is 1.61 bits per heavy atom. The number of benzene rings is 3. The summed E-state index contributed by atoms with van der Waals surface area (Å²) in [6, 6.07) is 24.3. The molecule has 5 aromatic rings. The maximum absolute atomic E-state index is 6.24. The number of hydrogen-bond acceptors (Lipinski definition) is 3.